The lowest BCUT2D eigenvalue weighted by atomic mass is 10.1. The van der Waals surface area contributed by atoms with Gasteiger partial charge < -0.3 is 9.73 Å². The molecule has 0 radical (unpaired) electrons. The van der Waals surface area contributed by atoms with Gasteiger partial charge in [0.1, 0.15) is 6.04 Å². The molecule has 1 aliphatic rings. The molecule has 2 rings (SSSR count). The van der Waals surface area contributed by atoms with Gasteiger partial charge in [-0.05, 0) is 6.42 Å². The molecule has 0 saturated carbocycles. The Morgan fingerprint density at radius 2 is 2.26 bits per heavy atom. The van der Waals surface area contributed by atoms with Crippen molar-refractivity contribution in [1.82, 2.24) is 15.6 Å². The van der Waals surface area contributed by atoms with Crippen LogP contribution in [0.1, 0.15) is 49.1 Å². The smallest absolute Gasteiger partial charge is 0.289 e. The van der Waals surface area contributed by atoms with Crippen LogP contribution in [0.15, 0.2) is 10.6 Å². The van der Waals surface area contributed by atoms with Crippen LogP contribution in [0.2, 0.25) is 0 Å². The molecule has 1 atom stereocenters. The number of imide groups is 1. The number of hydrogen-bond donors (Lipinski definition) is 2. The number of nitrogens with one attached hydrogen (secondary N) is 2. The van der Waals surface area contributed by atoms with Gasteiger partial charge in [0.2, 0.25) is 17.6 Å². The molecule has 1 aromatic rings. The predicted molar refractivity (Wildman–Crippen MR) is 64.2 cm³/mol. The van der Waals surface area contributed by atoms with Crippen molar-refractivity contribution in [2.24, 2.45) is 0 Å². The summed E-state index contributed by atoms with van der Waals surface area (Å²) in [6.07, 6.45) is 1.84. The summed E-state index contributed by atoms with van der Waals surface area (Å²) in [6, 6.07) is -0.710. The fourth-order valence-electron chi connectivity index (χ4n) is 1.72. The van der Waals surface area contributed by atoms with Gasteiger partial charge in [-0.2, -0.15) is 0 Å². The summed E-state index contributed by atoms with van der Waals surface area (Å²) in [7, 11) is 0. The number of aromatic nitrogens is 1. The van der Waals surface area contributed by atoms with Gasteiger partial charge in [-0.25, -0.2) is 4.98 Å². The molecule has 2 heterocycles. The summed E-state index contributed by atoms with van der Waals surface area (Å²) in [5.41, 5.74) is 0. The lowest BCUT2D eigenvalue weighted by Crippen LogP contribution is -2.52. The average molecular weight is 265 g/mol. The molecule has 7 heteroatoms. The van der Waals surface area contributed by atoms with E-state index in [2.05, 4.69) is 15.6 Å². The topological polar surface area (TPSA) is 101 Å². The number of rotatable bonds is 3. The Morgan fingerprint density at radius 3 is 2.84 bits per heavy atom. The monoisotopic (exact) mass is 265 g/mol. The second kappa shape index (κ2) is 5.21. The lowest BCUT2D eigenvalue weighted by Gasteiger charge is -2.21. The largest absolute Gasteiger partial charge is 0.435 e. The van der Waals surface area contributed by atoms with Gasteiger partial charge in [0, 0.05) is 12.3 Å². The highest BCUT2D eigenvalue weighted by atomic mass is 16.4. The molecule has 7 nitrogen and oxygen atoms in total. The minimum absolute atomic E-state index is 0.0633. The number of hydrogen-bond acceptors (Lipinski definition) is 5. The minimum atomic E-state index is -0.710. The van der Waals surface area contributed by atoms with E-state index in [4.69, 9.17) is 4.42 Å². The molecule has 3 amide bonds. The molecule has 2 N–H and O–H groups in total. The second-order valence-corrected chi connectivity index (χ2v) is 4.69. The molecule has 0 aliphatic carbocycles. The van der Waals surface area contributed by atoms with Crippen molar-refractivity contribution in [2.75, 3.05) is 0 Å². The Morgan fingerprint density at radius 1 is 1.53 bits per heavy atom. The van der Waals surface area contributed by atoms with Crippen molar-refractivity contribution in [3.63, 3.8) is 0 Å². The van der Waals surface area contributed by atoms with Crippen molar-refractivity contribution >= 4 is 17.7 Å². The summed E-state index contributed by atoms with van der Waals surface area (Å²) in [4.78, 5) is 38.3. The standard InChI is InChI=1S/C12H15N3O4/c1-6(2)12-13-5-8(19-12)11(18)14-7-3-4-9(16)15-10(7)17/h5-7H,3-4H2,1-2H3,(H,14,18)(H,15,16,17). The zero-order chi connectivity index (χ0) is 14.0. The Balaban J connectivity index is 2.00. The molecule has 102 valence electrons. The molecule has 1 fully saturated rings. The van der Waals surface area contributed by atoms with E-state index >= 15 is 0 Å². The predicted octanol–water partition coefficient (Wildman–Crippen LogP) is 0.333. The van der Waals surface area contributed by atoms with E-state index in [-0.39, 0.29) is 24.0 Å². The van der Waals surface area contributed by atoms with E-state index in [0.29, 0.717) is 12.3 Å². The normalized spacial score (nSPS) is 19.4. The van der Waals surface area contributed by atoms with E-state index in [9.17, 15) is 14.4 Å². The van der Waals surface area contributed by atoms with Gasteiger partial charge in [0.25, 0.3) is 5.91 Å². The van der Waals surface area contributed by atoms with E-state index in [1.807, 2.05) is 13.8 Å². The van der Waals surface area contributed by atoms with Crippen LogP contribution in [0.25, 0.3) is 0 Å². The molecule has 0 bridgehead atoms. The highest BCUT2D eigenvalue weighted by Gasteiger charge is 2.29. The van der Waals surface area contributed by atoms with E-state index in [0.717, 1.165) is 0 Å². The molecule has 1 aliphatic heterocycles. The fraction of sp³-hybridized carbons (Fsp3) is 0.500. The molecule has 1 saturated heterocycles. The first-order chi connectivity index (χ1) is 8.97. The van der Waals surface area contributed by atoms with Gasteiger partial charge in [-0.3, -0.25) is 19.7 Å². The Bertz CT molecular complexity index is 521. The van der Waals surface area contributed by atoms with Gasteiger partial charge in [0.05, 0.1) is 6.20 Å². The van der Waals surface area contributed by atoms with Crippen LogP contribution in [0, 0.1) is 0 Å². The number of piperidine rings is 1. The van der Waals surface area contributed by atoms with E-state index < -0.39 is 17.9 Å². The Kier molecular flexibility index (Phi) is 3.64. The summed E-state index contributed by atoms with van der Waals surface area (Å²) >= 11 is 0. The summed E-state index contributed by atoms with van der Waals surface area (Å²) in [5.74, 6) is -0.710. The van der Waals surface area contributed by atoms with Crippen LogP contribution < -0.4 is 10.6 Å². The third-order valence-electron chi connectivity index (χ3n) is 2.79. The third-order valence-corrected chi connectivity index (χ3v) is 2.79. The van der Waals surface area contributed by atoms with E-state index in [1.54, 1.807) is 0 Å². The van der Waals surface area contributed by atoms with Gasteiger partial charge in [-0.1, -0.05) is 13.8 Å². The first-order valence-corrected chi connectivity index (χ1v) is 6.07. The first kappa shape index (κ1) is 13.3. The quantitative estimate of drug-likeness (QED) is 0.767. The maximum absolute atomic E-state index is 11.9. The van der Waals surface area contributed by atoms with Crippen molar-refractivity contribution in [2.45, 2.75) is 38.6 Å². The highest BCUT2D eigenvalue weighted by molar-refractivity contribution is 6.03. The summed E-state index contributed by atoms with van der Waals surface area (Å²) < 4.78 is 5.28. The van der Waals surface area contributed by atoms with Crippen LogP contribution in [0.4, 0.5) is 0 Å². The minimum Gasteiger partial charge on any atom is -0.435 e. The Labute approximate surface area is 109 Å². The highest BCUT2D eigenvalue weighted by Crippen LogP contribution is 2.14. The molecule has 0 spiro atoms. The molecular formula is C12H15N3O4. The van der Waals surface area contributed by atoms with Crippen LogP contribution in [0.3, 0.4) is 0 Å². The number of oxazole rings is 1. The van der Waals surface area contributed by atoms with Crippen LogP contribution in [-0.2, 0) is 9.59 Å². The molecule has 1 unspecified atom stereocenters. The number of carbonyl (C=O) groups excluding carboxylic acids is 3. The van der Waals surface area contributed by atoms with E-state index in [1.165, 1.54) is 6.20 Å². The molecular weight excluding hydrogens is 250 g/mol. The number of nitrogens with zero attached hydrogens (tertiary/aromatic N) is 1. The van der Waals surface area contributed by atoms with Crippen molar-refractivity contribution in [3.05, 3.63) is 17.8 Å². The number of carbonyl (C=O) groups is 3. The first-order valence-electron chi connectivity index (χ1n) is 6.07. The molecule has 0 aromatic carbocycles. The van der Waals surface area contributed by atoms with Crippen LogP contribution in [0.5, 0.6) is 0 Å². The van der Waals surface area contributed by atoms with Crippen molar-refractivity contribution in [1.29, 1.82) is 0 Å². The summed E-state index contributed by atoms with van der Waals surface area (Å²) in [5, 5.41) is 4.69. The summed E-state index contributed by atoms with van der Waals surface area (Å²) in [6.45, 7) is 3.79. The molecule has 1 aromatic heterocycles. The third kappa shape index (κ3) is 2.98. The van der Waals surface area contributed by atoms with Gasteiger partial charge >= 0.3 is 0 Å². The van der Waals surface area contributed by atoms with Crippen LogP contribution >= 0.6 is 0 Å². The average Bonchev–Trinajstić information content (AvgIpc) is 2.82. The zero-order valence-electron chi connectivity index (χ0n) is 10.7. The van der Waals surface area contributed by atoms with Crippen LogP contribution in [-0.4, -0.2) is 28.7 Å². The van der Waals surface area contributed by atoms with Crippen molar-refractivity contribution < 1.29 is 18.8 Å². The lowest BCUT2D eigenvalue weighted by molar-refractivity contribution is -0.134. The van der Waals surface area contributed by atoms with Gasteiger partial charge in [-0.15, -0.1) is 0 Å². The van der Waals surface area contributed by atoms with Gasteiger partial charge in [0.15, 0.2) is 5.89 Å². The maximum Gasteiger partial charge on any atom is 0.289 e. The molecule has 19 heavy (non-hydrogen) atoms. The zero-order valence-corrected chi connectivity index (χ0v) is 10.7. The maximum atomic E-state index is 11.9. The second-order valence-electron chi connectivity index (χ2n) is 4.69. The SMILES string of the molecule is CC(C)c1ncc(C(=O)NC2CCC(=O)NC2=O)o1. The van der Waals surface area contributed by atoms with Crippen molar-refractivity contribution in [3.8, 4) is 0 Å². The number of amides is 3. The fourth-order valence-corrected chi connectivity index (χ4v) is 1.72. The Hall–Kier alpha value is -2.18.